The van der Waals surface area contributed by atoms with Gasteiger partial charge in [-0.2, -0.15) is 5.10 Å². The zero-order valence-electron chi connectivity index (χ0n) is 11.8. The average molecular weight is 322 g/mol. The lowest BCUT2D eigenvalue weighted by molar-refractivity contribution is 0.297. The van der Waals surface area contributed by atoms with E-state index in [2.05, 4.69) is 10.2 Å². The van der Waals surface area contributed by atoms with Gasteiger partial charge in [0.25, 0.3) is 0 Å². The quantitative estimate of drug-likeness (QED) is 0.503. The fourth-order valence-electron chi connectivity index (χ4n) is 1.71. The summed E-state index contributed by atoms with van der Waals surface area (Å²) in [6.07, 6.45) is 1.25. The first-order valence-corrected chi connectivity index (χ1v) is 6.44. The van der Waals surface area contributed by atoms with Crippen LogP contribution < -0.4 is 16.2 Å². The number of benzene rings is 2. The second kappa shape index (κ2) is 7.30. The van der Waals surface area contributed by atoms with Crippen LogP contribution in [0.3, 0.4) is 0 Å². The van der Waals surface area contributed by atoms with Crippen LogP contribution in [-0.4, -0.2) is 12.2 Å². The predicted octanol–water partition coefficient (Wildman–Crippen LogP) is 2.29. The van der Waals surface area contributed by atoms with Crippen molar-refractivity contribution in [3.8, 4) is 5.75 Å². The van der Waals surface area contributed by atoms with E-state index in [1.54, 1.807) is 0 Å². The van der Waals surface area contributed by atoms with Crippen molar-refractivity contribution in [2.24, 2.45) is 21.7 Å². The Morgan fingerprint density at radius 2 is 1.74 bits per heavy atom. The van der Waals surface area contributed by atoms with Gasteiger partial charge < -0.3 is 16.2 Å². The van der Waals surface area contributed by atoms with Gasteiger partial charge in [-0.05, 0) is 30.3 Å². The first-order chi connectivity index (χ1) is 11.0. The van der Waals surface area contributed by atoms with Crippen LogP contribution in [0.5, 0.6) is 5.75 Å². The number of hydrogen-bond donors (Lipinski definition) is 2. The van der Waals surface area contributed by atoms with Crippen LogP contribution in [0.4, 0.5) is 13.2 Å². The Labute approximate surface area is 130 Å². The number of ether oxygens (including phenoxy) is 1. The maximum absolute atomic E-state index is 13.6. The van der Waals surface area contributed by atoms with E-state index in [1.165, 1.54) is 18.3 Å². The average Bonchev–Trinajstić information content (AvgIpc) is 2.49. The van der Waals surface area contributed by atoms with Gasteiger partial charge in [-0.3, -0.25) is 0 Å². The van der Waals surface area contributed by atoms with Gasteiger partial charge >= 0.3 is 0 Å². The summed E-state index contributed by atoms with van der Waals surface area (Å²) in [5, 5.41) is 7.00. The van der Waals surface area contributed by atoms with Crippen LogP contribution in [0.15, 0.2) is 46.6 Å². The summed E-state index contributed by atoms with van der Waals surface area (Å²) in [4.78, 5) is 0. The molecule has 0 spiro atoms. The van der Waals surface area contributed by atoms with Crippen LogP contribution in [0.1, 0.15) is 11.1 Å². The number of halogens is 3. The fourth-order valence-corrected chi connectivity index (χ4v) is 1.71. The number of rotatable bonds is 5. The van der Waals surface area contributed by atoms with E-state index in [0.717, 1.165) is 24.3 Å². The van der Waals surface area contributed by atoms with Gasteiger partial charge in [-0.15, -0.1) is 5.10 Å². The molecule has 0 amide bonds. The summed E-state index contributed by atoms with van der Waals surface area (Å²) >= 11 is 0. The number of guanidine groups is 1. The van der Waals surface area contributed by atoms with E-state index in [1.807, 2.05) is 0 Å². The minimum Gasteiger partial charge on any atom is -0.488 e. The molecule has 0 aliphatic heterocycles. The van der Waals surface area contributed by atoms with Crippen molar-refractivity contribution in [3.05, 3.63) is 65.0 Å². The molecule has 4 N–H and O–H groups in total. The van der Waals surface area contributed by atoms with E-state index in [-0.39, 0.29) is 23.9 Å². The lowest BCUT2D eigenvalue weighted by Gasteiger charge is -2.10. The molecule has 2 aromatic carbocycles. The normalized spacial score (nSPS) is 10.7. The molecule has 0 aromatic heterocycles. The van der Waals surface area contributed by atoms with Gasteiger partial charge in [0.1, 0.15) is 29.8 Å². The zero-order chi connectivity index (χ0) is 16.8. The number of nitrogens with zero attached hydrogens (tertiary/aromatic N) is 2. The Hall–Kier alpha value is -3.03. The molecule has 0 radical (unpaired) electrons. The lowest BCUT2D eigenvalue weighted by Crippen LogP contribution is -2.21. The van der Waals surface area contributed by atoms with E-state index in [4.69, 9.17) is 16.2 Å². The summed E-state index contributed by atoms with van der Waals surface area (Å²) < 4.78 is 45.4. The molecule has 0 fully saturated rings. The zero-order valence-corrected chi connectivity index (χ0v) is 11.8. The number of hydrogen-bond acceptors (Lipinski definition) is 3. The number of nitrogens with two attached hydrogens (primary N) is 2. The molecule has 0 atom stereocenters. The molecule has 0 aliphatic carbocycles. The third-order valence-corrected chi connectivity index (χ3v) is 2.74. The molecule has 2 aromatic rings. The third kappa shape index (κ3) is 4.73. The molecule has 0 saturated heterocycles. The second-order valence-corrected chi connectivity index (χ2v) is 4.48. The molecule has 120 valence electrons. The molecule has 0 bridgehead atoms. The van der Waals surface area contributed by atoms with Gasteiger partial charge in [0.2, 0.25) is 5.96 Å². The Kier molecular flexibility index (Phi) is 5.19. The van der Waals surface area contributed by atoms with Gasteiger partial charge in [-0.25, -0.2) is 13.2 Å². The summed E-state index contributed by atoms with van der Waals surface area (Å²) in [6.45, 7) is -0.282. The van der Waals surface area contributed by atoms with Gasteiger partial charge in [0.15, 0.2) is 0 Å². The Morgan fingerprint density at radius 1 is 1.04 bits per heavy atom. The van der Waals surface area contributed by atoms with E-state index in [9.17, 15) is 13.2 Å². The van der Waals surface area contributed by atoms with Crippen LogP contribution in [0.25, 0.3) is 0 Å². The van der Waals surface area contributed by atoms with Crippen LogP contribution in [-0.2, 0) is 6.61 Å². The van der Waals surface area contributed by atoms with Crippen molar-refractivity contribution in [1.82, 2.24) is 0 Å². The predicted molar refractivity (Wildman–Crippen MR) is 80.5 cm³/mol. The lowest BCUT2D eigenvalue weighted by atomic mass is 10.2. The minimum atomic E-state index is -0.626. The van der Waals surface area contributed by atoms with Gasteiger partial charge in [-0.1, -0.05) is 0 Å². The van der Waals surface area contributed by atoms with Crippen molar-refractivity contribution in [2.75, 3.05) is 0 Å². The fraction of sp³-hybridized carbons (Fsp3) is 0.0667. The molecule has 2 rings (SSSR count). The van der Waals surface area contributed by atoms with Crippen LogP contribution >= 0.6 is 0 Å². The van der Waals surface area contributed by atoms with E-state index < -0.39 is 17.5 Å². The first kappa shape index (κ1) is 16.3. The largest absolute Gasteiger partial charge is 0.488 e. The highest BCUT2D eigenvalue weighted by molar-refractivity contribution is 5.84. The van der Waals surface area contributed by atoms with Crippen molar-refractivity contribution in [3.63, 3.8) is 0 Å². The minimum absolute atomic E-state index is 0.00127. The summed E-state index contributed by atoms with van der Waals surface area (Å²) in [7, 11) is 0. The topological polar surface area (TPSA) is 86.0 Å². The SMILES string of the molecule is NC(N)=NN=Cc1ccc(F)cc1OCc1cc(F)ccc1F. The highest BCUT2D eigenvalue weighted by atomic mass is 19.1. The molecule has 5 nitrogen and oxygen atoms in total. The first-order valence-electron chi connectivity index (χ1n) is 6.44. The molecule has 0 unspecified atom stereocenters. The Bertz CT molecular complexity index is 758. The Balaban J connectivity index is 2.21. The van der Waals surface area contributed by atoms with Crippen molar-refractivity contribution in [1.29, 1.82) is 0 Å². The van der Waals surface area contributed by atoms with Crippen molar-refractivity contribution < 1.29 is 17.9 Å². The Morgan fingerprint density at radius 3 is 2.48 bits per heavy atom. The monoisotopic (exact) mass is 322 g/mol. The molecule has 8 heteroatoms. The second-order valence-electron chi connectivity index (χ2n) is 4.48. The summed E-state index contributed by atoms with van der Waals surface area (Å²) in [6, 6.07) is 6.65. The molecule has 0 heterocycles. The smallest absolute Gasteiger partial charge is 0.211 e. The molecule has 23 heavy (non-hydrogen) atoms. The molecular weight excluding hydrogens is 309 g/mol. The van der Waals surface area contributed by atoms with E-state index >= 15 is 0 Å². The highest BCUT2D eigenvalue weighted by Crippen LogP contribution is 2.21. The van der Waals surface area contributed by atoms with Gasteiger partial charge in [0.05, 0.1) is 6.21 Å². The maximum Gasteiger partial charge on any atom is 0.211 e. The maximum atomic E-state index is 13.6. The molecule has 0 aliphatic rings. The molecule has 0 saturated carbocycles. The van der Waals surface area contributed by atoms with Crippen molar-refractivity contribution in [2.45, 2.75) is 6.61 Å². The van der Waals surface area contributed by atoms with Crippen LogP contribution in [0.2, 0.25) is 0 Å². The third-order valence-electron chi connectivity index (χ3n) is 2.74. The van der Waals surface area contributed by atoms with Crippen LogP contribution in [0, 0.1) is 17.5 Å². The molecular formula is C15H13F3N4O. The van der Waals surface area contributed by atoms with Crippen molar-refractivity contribution >= 4 is 12.2 Å². The summed E-state index contributed by atoms with van der Waals surface area (Å²) in [5.41, 5.74) is 10.6. The summed E-state index contributed by atoms with van der Waals surface area (Å²) in [5.74, 6) is -1.94. The van der Waals surface area contributed by atoms with Gasteiger partial charge in [0, 0.05) is 17.2 Å². The highest BCUT2D eigenvalue weighted by Gasteiger charge is 2.08. The van der Waals surface area contributed by atoms with E-state index in [0.29, 0.717) is 5.56 Å². The standard InChI is InChI=1S/C15H13F3N4O/c16-11-3-4-13(18)10(5-11)8-23-14-6-12(17)2-1-9(14)7-21-22-15(19)20/h1-7H,8H2,(H4,19,20,22).